The van der Waals surface area contributed by atoms with Gasteiger partial charge >= 0.3 is 6.18 Å². The summed E-state index contributed by atoms with van der Waals surface area (Å²) >= 11 is 0. The molecule has 0 spiro atoms. The average Bonchev–Trinajstić information content (AvgIpc) is 2.74. The quantitative estimate of drug-likeness (QED) is 0.686. The van der Waals surface area contributed by atoms with E-state index in [0.29, 0.717) is 13.0 Å². The molecule has 0 amide bonds. The molecule has 1 unspecified atom stereocenters. The van der Waals surface area contributed by atoms with Crippen LogP contribution in [0.2, 0.25) is 0 Å². The maximum Gasteiger partial charge on any atom is 0.411 e. The van der Waals surface area contributed by atoms with Crippen molar-refractivity contribution < 1.29 is 22.6 Å². The van der Waals surface area contributed by atoms with E-state index < -0.39 is 12.8 Å². The highest BCUT2D eigenvalue weighted by Gasteiger charge is 2.34. The van der Waals surface area contributed by atoms with Crippen molar-refractivity contribution in [3.63, 3.8) is 0 Å². The molecular weight excluding hydrogens is 247 g/mol. The number of hydrogen-bond acceptors (Lipinski definition) is 3. The fourth-order valence-corrected chi connectivity index (χ4v) is 2.20. The van der Waals surface area contributed by atoms with Gasteiger partial charge in [-0.15, -0.1) is 0 Å². The number of halogens is 3. The van der Waals surface area contributed by atoms with Gasteiger partial charge in [0.25, 0.3) is 0 Å². The third-order valence-electron chi connectivity index (χ3n) is 3.20. The molecule has 0 aromatic heterocycles. The second kappa shape index (κ2) is 7.31. The first-order valence-electron chi connectivity index (χ1n) is 6.40. The summed E-state index contributed by atoms with van der Waals surface area (Å²) in [4.78, 5) is 0. The molecule has 1 aliphatic heterocycles. The van der Waals surface area contributed by atoms with Crippen molar-refractivity contribution in [2.45, 2.75) is 32.4 Å². The topological polar surface area (TPSA) is 30.5 Å². The first kappa shape index (κ1) is 15.7. The van der Waals surface area contributed by atoms with E-state index in [2.05, 4.69) is 10.1 Å². The van der Waals surface area contributed by atoms with Gasteiger partial charge in [-0.3, -0.25) is 0 Å². The minimum absolute atomic E-state index is 0.0810. The maximum atomic E-state index is 11.9. The van der Waals surface area contributed by atoms with Crippen molar-refractivity contribution in [3.8, 4) is 0 Å². The molecule has 1 N–H and O–H groups in total. The summed E-state index contributed by atoms with van der Waals surface area (Å²) in [5.41, 5.74) is 0.0810. The average molecular weight is 269 g/mol. The second-order valence-corrected chi connectivity index (χ2v) is 4.85. The van der Waals surface area contributed by atoms with E-state index >= 15 is 0 Å². The molecule has 1 rings (SSSR count). The number of rotatable bonds is 8. The third-order valence-corrected chi connectivity index (χ3v) is 3.20. The molecule has 6 heteroatoms. The zero-order valence-electron chi connectivity index (χ0n) is 10.8. The van der Waals surface area contributed by atoms with E-state index in [-0.39, 0.29) is 12.0 Å². The zero-order chi connectivity index (χ0) is 13.5. The van der Waals surface area contributed by atoms with E-state index in [1.54, 1.807) is 0 Å². The van der Waals surface area contributed by atoms with Crippen molar-refractivity contribution in [2.24, 2.45) is 5.41 Å². The molecule has 0 aromatic rings. The molecule has 0 radical (unpaired) electrons. The lowest BCUT2D eigenvalue weighted by molar-refractivity contribution is -0.174. The van der Waals surface area contributed by atoms with Gasteiger partial charge in [-0.25, -0.2) is 0 Å². The van der Waals surface area contributed by atoms with Gasteiger partial charge in [-0.2, -0.15) is 13.2 Å². The summed E-state index contributed by atoms with van der Waals surface area (Å²) in [6.07, 6.45) is -1.76. The van der Waals surface area contributed by atoms with Gasteiger partial charge in [0.1, 0.15) is 6.61 Å². The molecule has 3 nitrogen and oxygen atoms in total. The Morgan fingerprint density at radius 1 is 1.39 bits per heavy atom. The summed E-state index contributed by atoms with van der Waals surface area (Å²) in [5, 5.41) is 3.30. The van der Waals surface area contributed by atoms with Crippen molar-refractivity contribution in [1.82, 2.24) is 5.32 Å². The Balaban J connectivity index is 2.18. The van der Waals surface area contributed by atoms with Crippen LogP contribution in [0.4, 0.5) is 13.2 Å². The molecule has 1 atom stereocenters. The highest BCUT2D eigenvalue weighted by Crippen LogP contribution is 2.33. The highest BCUT2D eigenvalue weighted by atomic mass is 19.4. The first-order valence-corrected chi connectivity index (χ1v) is 6.40. The van der Waals surface area contributed by atoms with Gasteiger partial charge in [-0.1, -0.05) is 6.92 Å². The van der Waals surface area contributed by atoms with E-state index in [9.17, 15) is 13.2 Å². The van der Waals surface area contributed by atoms with E-state index in [1.807, 2.05) is 6.92 Å². The van der Waals surface area contributed by atoms with Gasteiger partial charge in [-0.05, 0) is 25.8 Å². The van der Waals surface area contributed by atoms with Crippen LogP contribution in [0.1, 0.15) is 26.2 Å². The Morgan fingerprint density at radius 3 is 2.72 bits per heavy atom. The maximum absolute atomic E-state index is 11.9. The van der Waals surface area contributed by atoms with E-state index in [4.69, 9.17) is 4.74 Å². The minimum atomic E-state index is -4.22. The molecule has 0 aromatic carbocycles. The standard InChI is InChI=1S/C12H22F3NO2/c1-2-16-8-11(5-7-18-9-11)4-3-6-17-10-12(13,14)15/h16H,2-10H2,1H3. The monoisotopic (exact) mass is 269 g/mol. The third kappa shape index (κ3) is 6.02. The lowest BCUT2D eigenvalue weighted by atomic mass is 9.82. The van der Waals surface area contributed by atoms with Gasteiger partial charge in [0.2, 0.25) is 0 Å². The molecule has 0 aliphatic carbocycles. The van der Waals surface area contributed by atoms with Crippen LogP contribution in [0.3, 0.4) is 0 Å². The molecular formula is C12H22F3NO2. The summed E-state index contributed by atoms with van der Waals surface area (Å²) in [6.45, 7) is 4.25. The van der Waals surface area contributed by atoms with Crippen LogP contribution in [0.15, 0.2) is 0 Å². The van der Waals surface area contributed by atoms with Crippen LogP contribution in [0, 0.1) is 5.41 Å². The first-order chi connectivity index (χ1) is 8.47. The normalized spacial score (nSPS) is 24.7. The Bertz CT molecular complexity index is 228. The van der Waals surface area contributed by atoms with Crippen LogP contribution in [-0.2, 0) is 9.47 Å². The van der Waals surface area contributed by atoms with Crippen LogP contribution >= 0.6 is 0 Å². The Morgan fingerprint density at radius 2 is 2.17 bits per heavy atom. The van der Waals surface area contributed by atoms with Crippen LogP contribution in [-0.4, -0.2) is 45.7 Å². The second-order valence-electron chi connectivity index (χ2n) is 4.85. The van der Waals surface area contributed by atoms with Crippen LogP contribution < -0.4 is 5.32 Å². The molecule has 0 bridgehead atoms. The van der Waals surface area contributed by atoms with Crippen LogP contribution in [0.5, 0.6) is 0 Å². The number of ether oxygens (including phenoxy) is 2. The Hall–Kier alpha value is -0.330. The lowest BCUT2D eigenvalue weighted by Gasteiger charge is -2.27. The predicted octanol–water partition coefficient (Wildman–Crippen LogP) is 2.36. The SMILES string of the molecule is CCNCC1(CCCOCC(F)(F)F)CCOC1. The molecule has 1 saturated heterocycles. The van der Waals surface area contributed by atoms with E-state index in [0.717, 1.165) is 32.5 Å². The summed E-state index contributed by atoms with van der Waals surface area (Å²) in [5.74, 6) is 0. The zero-order valence-corrected chi connectivity index (χ0v) is 10.8. The molecule has 0 saturated carbocycles. The Labute approximate surface area is 106 Å². The molecule has 1 fully saturated rings. The Kier molecular flexibility index (Phi) is 6.38. The molecule has 18 heavy (non-hydrogen) atoms. The van der Waals surface area contributed by atoms with Crippen LogP contribution in [0.25, 0.3) is 0 Å². The highest BCUT2D eigenvalue weighted by molar-refractivity contribution is 4.85. The fourth-order valence-electron chi connectivity index (χ4n) is 2.20. The number of nitrogens with one attached hydrogen (secondary N) is 1. The largest absolute Gasteiger partial charge is 0.411 e. The summed E-state index contributed by atoms with van der Waals surface area (Å²) < 4.78 is 45.6. The van der Waals surface area contributed by atoms with Crippen molar-refractivity contribution in [1.29, 1.82) is 0 Å². The van der Waals surface area contributed by atoms with Gasteiger partial charge < -0.3 is 14.8 Å². The van der Waals surface area contributed by atoms with Crippen molar-refractivity contribution >= 4 is 0 Å². The number of hydrogen-bond donors (Lipinski definition) is 1. The van der Waals surface area contributed by atoms with Crippen molar-refractivity contribution in [2.75, 3.05) is 39.5 Å². The lowest BCUT2D eigenvalue weighted by Crippen LogP contribution is -2.35. The van der Waals surface area contributed by atoms with Crippen molar-refractivity contribution in [3.05, 3.63) is 0 Å². The summed E-state index contributed by atoms with van der Waals surface area (Å²) in [6, 6.07) is 0. The fraction of sp³-hybridized carbons (Fsp3) is 1.00. The molecule has 1 heterocycles. The predicted molar refractivity (Wildman–Crippen MR) is 62.5 cm³/mol. The van der Waals surface area contributed by atoms with Gasteiger partial charge in [0, 0.05) is 25.2 Å². The van der Waals surface area contributed by atoms with Gasteiger partial charge in [0.05, 0.1) is 6.61 Å². The molecule has 1 aliphatic rings. The molecule has 108 valence electrons. The minimum Gasteiger partial charge on any atom is -0.381 e. The van der Waals surface area contributed by atoms with Gasteiger partial charge in [0.15, 0.2) is 0 Å². The summed E-state index contributed by atoms with van der Waals surface area (Å²) in [7, 11) is 0. The smallest absolute Gasteiger partial charge is 0.381 e. The van der Waals surface area contributed by atoms with E-state index in [1.165, 1.54) is 0 Å². The number of alkyl halides is 3.